The van der Waals surface area contributed by atoms with Crippen LogP contribution in [0.2, 0.25) is 0 Å². The van der Waals surface area contributed by atoms with E-state index in [1.807, 2.05) is 0 Å². The third-order valence-corrected chi connectivity index (χ3v) is 9.70. The van der Waals surface area contributed by atoms with Gasteiger partial charge in [-0.05, 0) is 83.5 Å². The number of carbonyl (C=O) groups is 3. The van der Waals surface area contributed by atoms with Crippen molar-refractivity contribution < 1.29 is 28.6 Å². The van der Waals surface area contributed by atoms with Crippen LogP contribution < -0.4 is 0 Å². The van der Waals surface area contributed by atoms with Crippen LogP contribution in [0, 0.1) is 0 Å². The molecule has 0 aliphatic carbocycles. The zero-order valence-corrected chi connectivity index (χ0v) is 37.1. The quantitative estimate of drug-likeness (QED) is 0.0265. The molecule has 0 heterocycles. The maximum atomic E-state index is 12.7. The van der Waals surface area contributed by atoms with Crippen molar-refractivity contribution in [1.29, 1.82) is 0 Å². The fourth-order valence-electron chi connectivity index (χ4n) is 6.18. The van der Waals surface area contributed by atoms with Crippen molar-refractivity contribution in [3.63, 3.8) is 0 Å². The van der Waals surface area contributed by atoms with Crippen molar-refractivity contribution >= 4 is 17.9 Å². The Morgan fingerprint density at radius 1 is 0.368 bits per heavy atom. The maximum absolute atomic E-state index is 12.7. The van der Waals surface area contributed by atoms with Gasteiger partial charge in [0.25, 0.3) is 0 Å². The molecule has 0 unspecified atom stereocenters. The Morgan fingerprint density at radius 3 is 1.18 bits per heavy atom. The Kier molecular flexibility index (Phi) is 43.0. The molecule has 0 bridgehead atoms. The molecule has 57 heavy (non-hydrogen) atoms. The number of allylic oxidation sites excluding steroid dienone is 12. The second-order valence-electron chi connectivity index (χ2n) is 15.3. The third kappa shape index (κ3) is 43.8. The van der Waals surface area contributed by atoms with Crippen molar-refractivity contribution in [2.45, 2.75) is 219 Å². The molecule has 0 aromatic heterocycles. The minimum atomic E-state index is -0.798. The van der Waals surface area contributed by atoms with E-state index in [9.17, 15) is 14.4 Å². The van der Waals surface area contributed by atoms with Gasteiger partial charge in [-0.15, -0.1) is 0 Å². The number of carbonyl (C=O) groups excluding carboxylic acids is 3. The summed E-state index contributed by atoms with van der Waals surface area (Å²) in [5, 5.41) is 0. The van der Waals surface area contributed by atoms with E-state index < -0.39 is 6.10 Å². The Hall–Kier alpha value is -3.15. The molecule has 0 amide bonds. The number of rotatable bonds is 41. The SMILES string of the molecule is CC/C=C\C/C=C\C/C=C\C/C=C\C/C=C\CCCC(=O)OC[C@@H](COC(=O)CCCCCCCCCCC)OC(=O)CCCCCCC/C=C\CCCCCC. The summed E-state index contributed by atoms with van der Waals surface area (Å²) >= 11 is 0. The summed E-state index contributed by atoms with van der Waals surface area (Å²) in [5.41, 5.74) is 0. The van der Waals surface area contributed by atoms with E-state index >= 15 is 0 Å². The molecule has 0 fully saturated rings. The van der Waals surface area contributed by atoms with Gasteiger partial charge in [0.2, 0.25) is 0 Å². The van der Waals surface area contributed by atoms with Gasteiger partial charge < -0.3 is 14.2 Å². The summed E-state index contributed by atoms with van der Waals surface area (Å²) in [6.07, 6.45) is 56.0. The van der Waals surface area contributed by atoms with Crippen LogP contribution in [0.15, 0.2) is 72.9 Å². The molecule has 0 aromatic rings. The Bertz CT molecular complexity index is 1100. The third-order valence-electron chi connectivity index (χ3n) is 9.70. The van der Waals surface area contributed by atoms with Crippen LogP contribution in [0.3, 0.4) is 0 Å². The summed E-state index contributed by atoms with van der Waals surface area (Å²) in [4.78, 5) is 37.7. The number of unbranched alkanes of at least 4 members (excludes halogenated alkanes) is 18. The normalized spacial score (nSPS) is 12.7. The van der Waals surface area contributed by atoms with Gasteiger partial charge in [0, 0.05) is 19.3 Å². The Morgan fingerprint density at radius 2 is 0.702 bits per heavy atom. The average molecular weight is 795 g/mol. The average Bonchev–Trinajstić information content (AvgIpc) is 3.21. The molecule has 6 nitrogen and oxygen atoms in total. The highest BCUT2D eigenvalue weighted by Gasteiger charge is 2.19. The van der Waals surface area contributed by atoms with Crippen LogP contribution in [0.5, 0.6) is 0 Å². The second-order valence-corrected chi connectivity index (χ2v) is 15.3. The maximum Gasteiger partial charge on any atom is 0.306 e. The van der Waals surface area contributed by atoms with E-state index in [1.54, 1.807) is 0 Å². The smallest absolute Gasteiger partial charge is 0.306 e. The van der Waals surface area contributed by atoms with Crippen LogP contribution in [0.25, 0.3) is 0 Å². The summed E-state index contributed by atoms with van der Waals surface area (Å²) in [5.74, 6) is -0.972. The van der Waals surface area contributed by atoms with E-state index in [4.69, 9.17) is 14.2 Å². The first-order chi connectivity index (χ1) is 28.0. The lowest BCUT2D eigenvalue weighted by Gasteiger charge is -2.18. The molecule has 6 heteroatoms. The van der Waals surface area contributed by atoms with Gasteiger partial charge >= 0.3 is 17.9 Å². The Balaban J connectivity index is 4.46. The molecule has 0 aromatic carbocycles. The van der Waals surface area contributed by atoms with Crippen LogP contribution in [-0.4, -0.2) is 37.2 Å². The minimum absolute atomic E-state index is 0.0958. The molecule has 326 valence electrons. The topological polar surface area (TPSA) is 78.9 Å². The summed E-state index contributed by atoms with van der Waals surface area (Å²) in [6, 6.07) is 0. The first kappa shape index (κ1) is 53.9. The van der Waals surface area contributed by atoms with Crippen LogP contribution >= 0.6 is 0 Å². The van der Waals surface area contributed by atoms with Gasteiger partial charge in [0.15, 0.2) is 6.10 Å². The lowest BCUT2D eigenvalue weighted by Crippen LogP contribution is -2.30. The van der Waals surface area contributed by atoms with E-state index in [-0.39, 0.29) is 37.5 Å². The monoisotopic (exact) mass is 795 g/mol. The van der Waals surface area contributed by atoms with Gasteiger partial charge in [-0.25, -0.2) is 0 Å². The Labute approximate surface area is 351 Å². The van der Waals surface area contributed by atoms with Gasteiger partial charge in [-0.1, -0.05) is 184 Å². The molecule has 0 radical (unpaired) electrons. The molecule has 0 saturated carbocycles. The highest BCUT2D eigenvalue weighted by molar-refractivity contribution is 5.71. The fourth-order valence-corrected chi connectivity index (χ4v) is 6.18. The van der Waals surface area contributed by atoms with Crippen molar-refractivity contribution in [3.05, 3.63) is 72.9 Å². The van der Waals surface area contributed by atoms with E-state index in [1.165, 1.54) is 77.0 Å². The minimum Gasteiger partial charge on any atom is -0.462 e. The molecule has 0 N–H and O–H groups in total. The number of hydrogen-bond acceptors (Lipinski definition) is 6. The van der Waals surface area contributed by atoms with Crippen LogP contribution in [0.4, 0.5) is 0 Å². The summed E-state index contributed by atoms with van der Waals surface area (Å²) in [7, 11) is 0. The van der Waals surface area contributed by atoms with E-state index in [2.05, 4.69) is 93.7 Å². The van der Waals surface area contributed by atoms with Crippen molar-refractivity contribution in [1.82, 2.24) is 0 Å². The number of ether oxygens (including phenoxy) is 3. The zero-order valence-electron chi connectivity index (χ0n) is 37.1. The highest BCUT2D eigenvalue weighted by Crippen LogP contribution is 2.13. The van der Waals surface area contributed by atoms with Crippen molar-refractivity contribution in [2.75, 3.05) is 13.2 Å². The molecule has 0 aliphatic heterocycles. The molecule has 0 rings (SSSR count). The first-order valence-corrected chi connectivity index (χ1v) is 23.4. The summed E-state index contributed by atoms with van der Waals surface area (Å²) < 4.78 is 16.6. The first-order valence-electron chi connectivity index (χ1n) is 23.4. The fraction of sp³-hybridized carbons (Fsp3) is 0.706. The lowest BCUT2D eigenvalue weighted by atomic mass is 10.1. The van der Waals surface area contributed by atoms with Crippen molar-refractivity contribution in [3.8, 4) is 0 Å². The van der Waals surface area contributed by atoms with Crippen molar-refractivity contribution in [2.24, 2.45) is 0 Å². The zero-order chi connectivity index (χ0) is 41.5. The number of hydrogen-bond donors (Lipinski definition) is 0. The van der Waals surface area contributed by atoms with Gasteiger partial charge in [-0.3, -0.25) is 14.4 Å². The standard InChI is InChI=1S/C51H86O6/c1-4-7-10-13-16-19-21-23-24-25-26-28-29-32-35-38-41-44-50(53)56-47-48(46-55-49(52)43-40-37-34-31-18-15-12-9-6-3)57-51(54)45-42-39-36-33-30-27-22-20-17-14-11-8-5-2/h7,10,16,19-20,22-24,26,28,32,35,48H,4-6,8-9,11-15,17-18,21,25,27,29-31,33-34,36-47H2,1-3H3/b10-7-,19-16-,22-20-,24-23-,28-26-,35-32-/t48-/m1/s1. The second kappa shape index (κ2) is 45.6. The van der Waals surface area contributed by atoms with Gasteiger partial charge in [0.05, 0.1) is 0 Å². The van der Waals surface area contributed by atoms with E-state index in [0.29, 0.717) is 19.3 Å². The predicted octanol–water partition coefficient (Wildman–Crippen LogP) is 15.1. The van der Waals surface area contributed by atoms with Gasteiger partial charge in [-0.2, -0.15) is 0 Å². The number of esters is 3. The van der Waals surface area contributed by atoms with Gasteiger partial charge in [0.1, 0.15) is 13.2 Å². The highest BCUT2D eigenvalue weighted by atomic mass is 16.6. The molecule has 0 spiro atoms. The molecule has 0 aliphatic rings. The van der Waals surface area contributed by atoms with E-state index in [0.717, 1.165) is 89.9 Å². The predicted molar refractivity (Wildman–Crippen MR) is 242 cm³/mol. The van der Waals surface area contributed by atoms with Crippen LogP contribution in [0.1, 0.15) is 213 Å². The van der Waals surface area contributed by atoms with Crippen LogP contribution in [-0.2, 0) is 28.6 Å². The molecular formula is C51H86O6. The summed E-state index contributed by atoms with van der Waals surface area (Å²) in [6.45, 7) is 6.42. The lowest BCUT2D eigenvalue weighted by molar-refractivity contribution is -0.167. The molecular weight excluding hydrogens is 709 g/mol. The molecule has 1 atom stereocenters. The molecule has 0 saturated heterocycles. The largest absolute Gasteiger partial charge is 0.462 e.